The molecule has 62 heavy (non-hydrogen) atoms. The molecule has 6 nitrogen and oxygen atoms in total. The largest absolute Gasteiger partial charge is 0.462 e. The molecule has 0 amide bonds. The van der Waals surface area contributed by atoms with E-state index in [1.54, 1.807) is 0 Å². The zero-order valence-corrected chi connectivity index (χ0v) is 40.6. The smallest absolute Gasteiger partial charge is 0.306 e. The Morgan fingerprint density at radius 2 is 0.597 bits per heavy atom. The molecular formula is C56H96O6. The van der Waals surface area contributed by atoms with E-state index in [2.05, 4.69) is 93.7 Å². The van der Waals surface area contributed by atoms with Crippen LogP contribution in [0.1, 0.15) is 245 Å². The molecular weight excluding hydrogens is 769 g/mol. The Morgan fingerprint density at radius 1 is 0.323 bits per heavy atom. The summed E-state index contributed by atoms with van der Waals surface area (Å²) in [6.45, 7) is 6.52. The Kier molecular flexibility index (Phi) is 47.9. The molecule has 6 heteroatoms. The summed E-state index contributed by atoms with van der Waals surface area (Å²) >= 11 is 0. The average molecular weight is 865 g/mol. The molecule has 0 spiro atoms. The second-order valence-corrected chi connectivity index (χ2v) is 17.1. The lowest BCUT2D eigenvalue weighted by molar-refractivity contribution is -0.167. The van der Waals surface area contributed by atoms with Crippen LogP contribution in [0.15, 0.2) is 72.9 Å². The number of carbonyl (C=O) groups is 3. The van der Waals surface area contributed by atoms with Gasteiger partial charge in [-0.15, -0.1) is 0 Å². The molecule has 0 aliphatic rings. The van der Waals surface area contributed by atoms with Crippen LogP contribution < -0.4 is 0 Å². The van der Waals surface area contributed by atoms with Crippen LogP contribution in [0.25, 0.3) is 0 Å². The van der Waals surface area contributed by atoms with Crippen LogP contribution >= 0.6 is 0 Å². The van der Waals surface area contributed by atoms with Crippen LogP contribution in [0.3, 0.4) is 0 Å². The molecule has 0 radical (unpaired) electrons. The van der Waals surface area contributed by atoms with E-state index in [-0.39, 0.29) is 37.5 Å². The highest BCUT2D eigenvalue weighted by atomic mass is 16.6. The number of allylic oxidation sites excluding steroid dienone is 12. The zero-order chi connectivity index (χ0) is 45.1. The highest BCUT2D eigenvalue weighted by molar-refractivity contribution is 5.71. The molecule has 0 saturated carbocycles. The molecule has 0 aromatic heterocycles. The summed E-state index contributed by atoms with van der Waals surface area (Å²) in [5.41, 5.74) is 0. The van der Waals surface area contributed by atoms with Gasteiger partial charge < -0.3 is 14.2 Å². The lowest BCUT2D eigenvalue weighted by atomic mass is 10.1. The second-order valence-electron chi connectivity index (χ2n) is 17.1. The van der Waals surface area contributed by atoms with Gasteiger partial charge in [0.05, 0.1) is 0 Å². The molecule has 0 heterocycles. The maximum atomic E-state index is 12.8. The molecule has 0 aromatic carbocycles. The summed E-state index contributed by atoms with van der Waals surface area (Å²) in [6, 6.07) is 0. The van der Waals surface area contributed by atoms with Gasteiger partial charge in [0.25, 0.3) is 0 Å². The summed E-state index contributed by atoms with van der Waals surface area (Å²) in [6.07, 6.45) is 63.2. The fraction of sp³-hybridized carbons (Fsp3) is 0.732. The Bertz CT molecular complexity index is 1180. The van der Waals surface area contributed by atoms with Gasteiger partial charge in [0.1, 0.15) is 13.2 Å². The first kappa shape index (κ1) is 58.9. The maximum absolute atomic E-state index is 12.8. The third-order valence-electron chi connectivity index (χ3n) is 10.9. The number of hydrogen-bond donors (Lipinski definition) is 0. The molecule has 1 unspecified atom stereocenters. The molecule has 0 bridgehead atoms. The Hall–Kier alpha value is -3.15. The highest BCUT2D eigenvalue weighted by Gasteiger charge is 2.19. The van der Waals surface area contributed by atoms with Crippen molar-refractivity contribution in [2.75, 3.05) is 13.2 Å². The second kappa shape index (κ2) is 50.5. The third-order valence-corrected chi connectivity index (χ3v) is 10.9. The van der Waals surface area contributed by atoms with Crippen molar-refractivity contribution in [2.24, 2.45) is 0 Å². The van der Waals surface area contributed by atoms with Crippen LogP contribution in [-0.4, -0.2) is 37.2 Å². The van der Waals surface area contributed by atoms with E-state index in [1.807, 2.05) is 0 Å². The quantitative estimate of drug-likeness (QED) is 0.0262. The van der Waals surface area contributed by atoms with Crippen molar-refractivity contribution >= 4 is 17.9 Å². The molecule has 1 atom stereocenters. The Labute approximate surface area is 382 Å². The molecule has 0 aliphatic heterocycles. The topological polar surface area (TPSA) is 78.9 Å². The Balaban J connectivity index is 4.51. The fourth-order valence-electron chi connectivity index (χ4n) is 6.95. The van der Waals surface area contributed by atoms with Gasteiger partial charge in [0.2, 0.25) is 0 Å². The minimum absolute atomic E-state index is 0.106. The number of hydrogen-bond acceptors (Lipinski definition) is 6. The minimum atomic E-state index is -0.810. The molecule has 0 N–H and O–H groups in total. The first-order valence-corrected chi connectivity index (χ1v) is 25.9. The molecule has 0 aromatic rings. The van der Waals surface area contributed by atoms with E-state index in [0.717, 1.165) is 89.9 Å². The number of carbonyl (C=O) groups excluding carboxylic acids is 3. The van der Waals surface area contributed by atoms with Gasteiger partial charge in [-0.25, -0.2) is 0 Å². The number of ether oxygens (including phenoxy) is 3. The van der Waals surface area contributed by atoms with Crippen molar-refractivity contribution in [2.45, 2.75) is 252 Å². The van der Waals surface area contributed by atoms with E-state index < -0.39 is 6.10 Å². The predicted octanol–water partition coefficient (Wildman–Crippen LogP) is 17.0. The van der Waals surface area contributed by atoms with E-state index in [9.17, 15) is 14.4 Å². The van der Waals surface area contributed by atoms with Crippen molar-refractivity contribution < 1.29 is 28.6 Å². The van der Waals surface area contributed by atoms with E-state index >= 15 is 0 Å². The van der Waals surface area contributed by atoms with Gasteiger partial charge in [-0.3, -0.25) is 14.4 Å². The lowest BCUT2D eigenvalue weighted by Crippen LogP contribution is -2.30. The van der Waals surface area contributed by atoms with Crippen LogP contribution in [0, 0.1) is 0 Å². The van der Waals surface area contributed by atoms with Gasteiger partial charge in [-0.2, -0.15) is 0 Å². The van der Waals surface area contributed by atoms with Crippen molar-refractivity contribution in [3.63, 3.8) is 0 Å². The van der Waals surface area contributed by atoms with E-state index in [4.69, 9.17) is 14.2 Å². The first-order valence-electron chi connectivity index (χ1n) is 25.9. The number of unbranched alkanes of at least 4 members (excludes halogenated alkanes) is 23. The normalized spacial score (nSPS) is 12.6. The first-order chi connectivity index (χ1) is 30.5. The monoisotopic (exact) mass is 865 g/mol. The minimum Gasteiger partial charge on any atom is -0.462 e. The van der Waals surface area contributed by atoms with Crippen molar-refractivity contribution in [3.05, 3.63) is 72.9 Å². The summed E-state index contributed by atoms with van der Waals surface area (Å²) in [7, 11) is 0. The summed E-state index contributed by atoms with van der Waals surface area (Å²) in [5.74, 6) is -0.994. The van der Waals surface area contributed by atoms with Gasteiger partial charge in [-0.1, -0.05) is 190 Å². The third kappa shape index (κ3) is 47.9. The van der Waals surface area contributed by atoms with Gasteiger partial charge >= 0.3 is 17.9 Å². The van der Waals surface area contributed by atoms with Gasteiger partial charge in [0, 0.05) is 19.3 Å². The van der Waals surface area contributed by atoms with Crippen LogP contribution in [0.5, 0.6) is 0 Å². The van der Waals surface area contributed by atoms with Crippen molar-refractivity contribution in [1.82, 2.24) is 0 Å². The molecule has 0 rings (SSSR count). The van der Waals surface area contributed by atoms with Gasteiger partial charge in [-0.05, 0) is 109 Å². The van der Waals surface area contributed by atoms with E-state index in [0.29, 0.717) is 19.3 Å². The van der Waals surface area contributed by atoms with Crippen LogP contribution in [0.2, 0.25) is 0 Å². The standard InChI is InChI=1S/C56H96O6/c1-4-7-10-13-16-19-22-25-27-28-29-32-34-37-40-43-46-49-55(58)61-52-53(51-60-54(57)48-45-42-39-36-33-30-24-21-18-15-12-9-6-3)62-56(59)50-47-44-41-38-35-31-26-23-20-17-14-11-8-5-2/h16,19,25,27,29-33,35,37,40,53H,4-15,17-18,20-24,26,28,34,36,38-39,41-52H2,1-3H3/b19-16-,27-25-,32-29-,33-30-,35-31-,40-37-. The number of esters is 3. The van der Waals surface area contributed by atoms with E-state index in [1.165, 1.54) is 109 Å². The lowest BCUT2D eigenvalue weighted by Gasteiger charge is -2.18. The summed E-state index contributed by atoms with van der Waals surface area (Å²) in [5, 5.41) is 0. The van der Waals surface area contributed by atoms with Crippen molar-refractivity contribution in [3.8, 4) is 0 Å². The predicted molar refractivity (Wildman–Crippen MR) is 265 cm³/mol. The summed E-state index contributed by atoms with van der Waals surface area (Å²) < 4.78 is 16.7. The van der Waals surface area contributed by atoms with Gasteiger partial charge in [0.15, 0.2) is 6.10 Å². The SMILES string of the molecule is CCCCC/C=C\C/C=C\C/C=C\C/C=C\CCCC(=O)OCC(COC(=O)CCCCC/C=C\CCCCCCCC)OC(=O)CCCCC/C=C\CCCCCCCCC. The fourth-order valence-corrected chi connectivity index (χ4v) is 6.95. The highest BCUT2D eigenvalue weighted by Crippen LogP contribution is 2.13. The van der Waals surface area contributed by atoms with Crippen LogP contribution in [0.4, 0.5) is 0 Å². The zero-order valence-electron chi connectivity index (χ0n) is 40.6. The molecule has 0 saturated heterocycles. The summed E-state index contributed by atoms with van der Waals surface area (Å²) in [4.78, 5) is 37.9. The van der Waals surface area contributed by atoms with Crippen LogP contribution in [-0.2, 0) is 28.6 Å². The number of rotatable bonds is 46. The molecule has 0 aliphatic carbocycles. The maximum Gasteiger partial charge on any atom is 0.306 e. The average Bonchev–Trinajstić information content (AvgIpc) is 3.27. The molecule has 356 valence electrons. The Morgan fingerprint density at radius 3 is 1.02 bits per heavy atom. The van der Waals surface area contributed by atoms with Crippen molar-refractivity contribution in [1.29, 1.82) is 0 Å². The molecule has 0 fully saturated rings.